The SMILES string of the molecule is CCCOc1ccccc1/C=C/C(=O)Oc1ccccc1C. The van der Waals surface area contributed by atoms with Gasteiger partial charge in [0, 0.05) is 11.6 Å². The van der Waals surface area contributed by atoms with Crippen molar-refractivity contribution < 1.29 is 14.3 Å². The molecule has 0 N–H and O–H groups in total. The van der Waals surface area contributed by atoms with E-state index in [9.17, 15) is 4.79 Å². The van der Waals surface area contributed by atoms with E-state index in [0.29, 0.717) is 12.4 Å². The van der Waals surface area contributed by atoms with Crippen LogP contribution in [0.15, 0.2) is 54.6 Å². The van der Waals surface area contributed by atoms with Crippen LogP contribution >= 0.6 is 0 Å². The van der Waals surface area contributed by atoms with E-state index in [1.54, 1.807) is 12.1 Å². The third kappa shape index (κ3) is 4.48. The zero-order chi connectivity index (χ0) is 15.8. The van der Waals surface area contributed by atoms with Crippen molar-refractivity contribution in [3.05, 3.63) is 65.7 Å². The molecule has 2 rings (SSSR count). The summed E-state index contributed by atoms with van der Waals surface area (Å²) in [7, 11) is 0. The lowest BCUT2D eigenvalue weighted by Crippen LogP contribution is -2.04. The van der Waals surface area contributed by atoms with Gasteiger partial charge in [-0.2, -0.15) is 0 Å². The first-order chi connectivity index (χ1) is 10.7. The Morgan fingerprint density at radius 3 is 2.45 bits per heavy atom. The lowest BCUT2D eigenvalue weighted by molar-refractivity contribution is -0.128. The van der Waals surface area contributed by atoms with E-state index in [4.69, 9.17) is 9.47 Å². The number of benzene rings is 2. The number of aryl methyl sites for hydroxylation is 1. The molecule has 0 aliphatic carbocycles. The maximum atomic E-state index is 11.9. The predicted octanol–water partition coefficient (Wildman–Crippen LogP) is 4.40. The number of ether oxygens (including phenoxy) is 2. The van der Waals surface area contributed by atoms with Crippen molar-refractivity contribution in [3.8, 4) is 11.5 Å². The number of rotatable bonds is 6. The molecular formula is C19H20O3. The van der Waals surface area contributed by atoms with Gasteiger partial charge in [0.15, 0.2) is 0 Å². The van der Waals surface area contributed by atoms with Crippen molar-refractivity contribution in [3.63, 3.8) is 0 Å². The minimum Gasteiger partial charge on any atom is -0.493 e. The van der Waals surface area contributed by atoms with Gasteiger partial charge >= 0.3 is 5.97 Å². The Labute approximate surface area is 131 Å². The van der Waals surface area contributed by atoms with Gasteiger partial charge in [0.2, 0.25) is 0 Å². The van der Waals surface area contributed by atoms with Crippen molar-refractivity contribution >= 4 is 12.0 Å². The summed E-state index contributed by atoms with van der Waals surface area (Å²) in [5.74, 6) is 0.941. The molecule has 0 spiro atoms. The second-order valence-electron chi connectivity index (χ2n) is 4.91. The molecule has 0 saturated carbocycles. The van der Waals surface area contributed by atoms with Crippen LogP contribution in [0.5, 0.6) is 11.5 Å². The minimum atomic E-state index is -0.403. The van der Waals surface area contributed by atoms with Gasteiger partial charge < -0.3 is 9.47 Å². The molecule has 0 saturated heterocycles. The summed E-state index contributed by atoms with van der Waals surface area (Å²) in [6.07, 6.45) is 4.07. The van der Waals surface area contributed by atoms with Gasteiger partial charge in [0.25, 0.3) is 0 Å². The molecule has 0 amide bonds. The Kier molecular flexibility index (Phi) is 5.78. The van der Waals surface area contributed by atoms with Crippen LogP contribution in [0.1, 0.15) is 24.5 Å². The highest BCUT2D eigenvalue weighted by atomic mass is 16.5. The van der Waals surface area contributed by atoms with Crippen molar-refractivity contribution in [2.75, 3.05) is 6.61 Å². The Hall–Kier alpha value is -2.55. The molecule has 0 atom stereocenters. The van der Waals surface area contributed by atoms with Gasteiger partial charge in [-0.1, -0.05) is 43.3 Å². The van der Waals surface area contributed by atoms with Crippen molar-refractivity contribution in [2.24, 2.45) is 0 Å². The first-order valence-electron chi connectivity index (χ1n) is 7.38. The molecule has 0 aromatic heterocycles. The zero-order valence-corrected chi connectivity index (χ0v) is 12.9. The number of esters is 1. The van der Waals surface area contributed by atoms with Crippen LogP contribution in [0, 0.1) is 6.92 Å². The number of hydrogen-bond donors (Lipinski definition) is 0. The monoisotopic (exact) mass is 296 g/mol. The summed E-state index contributed by atoms with van der Waals surface area (Å²) >= 11 is 0. The van der Waals surface area contributed by atoms with E-state index in [2.05, 4.69) is 6.92 Å². The summed E-state index contributed by atoms with van der Waals surface area (Å²) in [5.41, 5.74) is 1.79. The molecule has 114 valence electrons. The predicted molar refractivity (Wildman–Crippen MR) is 88.1 cm³/mol. The Bertz CT molecular complexity index is 659. The van der Waals surface area contributed by atoms with Crippen LogP contribution in [0.4, 0.5) is 0 Å². The van der Waals surface area contributed by atoms with Gasteiger partial charge in [-0.15, -0.1) is 0 Å². The minimum absolute atomic E-state index is 0.403. The van der Waals surface area contributed by atoms with Crippen molar-refractivity contribution in [1.29, 1.82) is 0 Å². The fraction of sp³-hybridized carbons (Fsp3) is 0.211. The van der Waals surface area contributed by atoms with E-state index in [1.165, 1.54) is 6.08 Å². The maximum Gasteiger partial charge on any atom is 0.336 e. The smallest absolute Gasteiger partial charge is 0.336 e. The molecule has 3 nitrogen and oxygen atoms in total. The maximum absolute atomic E-state index is 11.9. The van der Waals surface area contributed by atoms with Crippen LogP contribution in [0.25, 0.3) is 6.08 Å². The first-order valence-corrected chi connectivity index (χ1v) is 7.38. The average Bonchev–Trinajstić information content (AvgIpc) is 2.54. The number of carbonyl (C=O) groups is 1. The summed E-state index contributed by atoms with van der Waals surface area (Å²) in [4.78, 5) is 11.9. The quantitative estimate of drug-likeness (QED) is 0.450. The molecule has 2 aromatic rings. The molecule has 22 heavy (non-hydrogen) atoms. The van der Waals surface area contributed by atoms with Crippen molar-refractivity contribution in [1.82, 2.24) is 0 Å². The normalized spacial score (nSPS) is 10.6. The fourth-order valence-corrected chi connectivity index (χ4v) is 1.93. The third-order valence-corrected chi connectivity index (χ3v) is 3.08. The number of hydrogen-bond acceptors (Lipinski definition) is 3. The average molecular weight is 296 g/mol. The zero-order valence-electron chi connectivity index (χ0n) is 12.9. The Morgan fingerprint density at radius 2 is 1.73 bits per heavy atom. The topological polar surface area (TPSA) is 35.5 Å². The molecule has 2 aromatic carbocycles. The molecule has 0 unspecified atom stereocenters. The molecular weight excluding hydrogens is 276 g/mol. The highest BCUT2D eigenvalue weighted by Gasteiger charge is 2.04. The number of carbonyl (C=O) groups excluding carboxylic acids is 1. The molecule has 3 heteroatoms. The molecule has 0 heterocycles. The van der Waals surface area contributed by atoms with Crippen LogP contribution < -0.4 is 9.47 Å². The van der Waals surface area contributed by atoms with Gasteiger partial charge in [0.05, 0.1) is 6.61 Å². The first kappa shape index (κ1) is 15.8. The standard InChI is InChI=1S/C19H20O3/c1-3-14-21-18-11-7-5-9-16(18)12-13-19(20)22-17-10-6-4-8-15(17)2/h4-13H,3,14H2,1-2H3/b13-12+. The van der Waals surface area contributed by atoms with Crippen LogP contribution in [-0.2, 0) is 4.79 Å². The summed E-state index contributed by atoms with van der Waals surface area (Å²) < 4.78 is 11.0. The summed E-state index contributed by atoms with van der Waals surface area (Å²) in [6, 6.07) is 15.0. The van der Waals surface area contributed by atoms with Crippen LogP contribution in [0.2, 0.25) is 0 Å². The van der Waals surface area contributed by atoms with Crippen LogP contribution in [-0.4, -0.2) is 12.6 Å². The van der Waals surface area contributed by atoms with Crippen LogP contribution in [0.3, 0.4) is 0 Å². The van der Waals surface area contributed by atoms with Gasteiger partial charge in [-0.05, 0) is 37.1 Å². The van der Waals surface area contributed by atoms with Gasteiger partial charge in [-0.3, -0.25) is 0 Å². The molecule has 0 aliphatic rings. The Morgan fingerprint density at radius 1 is 1.05 bits per heavy atom. The van der Waals surface area contributed by atoms with Gasteiger partial charge in [-0.25, -0.2) is 4.79 Å². The third-order valence-electron chi connectivity index (χ3n) is 3.08. The van der Waals surface area contributed by atoms with E-state index < -0.39 is 5.97 Å². The van der Waals surface area contributed by atoms with E-state index in [1.807, 2.05) is 49.4 Å². The Balaban J connectivity index is 2.05. The highest BCUT2D eigenvalue weighted by molar-refractivity contribution is 5.89. The lowest BCUT2D eigenvalue weighted by Gasteiger charge is -2.07. The number of para-hydroxylation sites is 2. The highest BCUT2D eigenvalue weighted by Crippen LogP contribution is 2.20. The van der Waals surface area contributed by atoms with E-state index >= 15 is 0 Å². The molecule has 0 radical (unpaired) electrons. The van der Waals surface area contributed by atoms with E-state index in [0.717, 1.165) is 23.3 Å². The summed E-state index contributed by atoms with van der Waals surface area (Å²) in [6.45, 7) is 4.61. The molecule has 0 aliphatic heterocycles. The second kappa shape index (κ2) is 8.03. The summed E-state index contributed by atoms with van der Waals surface area (Å²) in [5, 5.41) is 0. The lowest BCUT2D eigenvalue weighted by atomic mass is 10.2. The molecule has 0 bridgehead atoms. The fourth-order valence-electron chi connectivity index (χ4n) is 1.93. The molecule has 0 fully saturated rings. The second-order valence-corrected chi connectivity index (χ2v) is 4.91. The van der Waals surface area contributed by atoms with Crippen molar-refractivity contribution in [2.45, 2.75) is 20.3 Å². The largest absolute Gasteiger partial charge is 0.493 e. The van der Waals surface area contributed by atoms with E-state index in [-0.39, 0.29) is 0 Å². The van der Waals surface area contributed by atoms with Gasteiger partial charge in [0.1, 0.15) is 11.5 Å².